The molecule has 27 heavy (non-hydrogen) atoms. The highest BCUT2D eigenvalue weighted by molar-refractivity contribution is 8.00. The summed E-state index contributed by atoms with van der Waals surface area (Å²) >= 11 is 14.2. The molecule has 0 bridgehead atoms. The zero-order valence-corrected chi connectivity index (χ0v) is 16.5. The summed E-state index contributed by atoms with van der Waals surface area (Å²) in [6, 6.07) is 11.4. The summed E-state index contributed by atoms with van der Waals surface area (Å²) in [5.74, 6) is -0.694. The van der Waals surface area contributed by atoms with Gasteiger partial charge < -0.3 is 0 Å². The molecule has 1 amide bonds. The van der Waals surface area contributed by atoms with Gasteiger partial charge in [0.1, 0.15) is 5.82 Å². The van der Waals surface area contributed by atoms with Gasteiger partial charge in [-0.15, -0.1) is 10.2 Å². The molecular formula is C17H9Cl2FN4OS2. The van der Waals surface area contributed by atoms with E-state index in [2.05, 4.69) is 21.6 Å². The number of carbonyl (C=O) groups is 1. The van der Waals surface area contributed by atoms with E-state index in [0.717, 1.165) is 11.6 Å². The first-order chi connectivity index (χ1) is 13.0. The maximum atomic E-state index is 13.6. The molecule has 2 aromatic carbocycles. The largest absolute Gasteiger partial charge is 0.296 e. The molecule has 0 saturated carbocycles. The smallest absolute Gasteiger partial charge is 0.259 e. The maximum absolute atomic E-state index is 13.6. The minimum Gasteiger partial charge on any atom is -0.296 e. The van der Waals surface area contributed by atoms with Crippen LogP contribution in [-0.4, -0.2) is 16.1 Å². The van der Waals surface area contributed by atoms with Gasteiger partial charge >= 0.3 is 0 Å². The number of nitrogens with zero attached hydrogens (tertiary/aromatic N) is 3. The lowest BCUT2D eigenvalue weighted by Gasteiger charge is -2.05. The molecule has 0 aliphatic carbocycles. The van der Waals surface area contributed by atoms with Crippen molar-refractivity contribution in [1.82, 2.24) is 10.2 Å². The standard InChI is InChI=1S/C17H9Cl2FN4OS2/c18-12-6-13(19)14(20)5-11(12)15(25)22-16-23-24-17(27-16)26-8-10-3-1-9(7-21)2-4-10/h1-6H,8H2,(H,22,23,25). The van der Waals surface area contributed by atoms with Gasteiger partial charge in [0.15, 0.2) is 4.34 Å². The van der Waals surface area contributed by atoms with Gasteiger partial charge in [-0.3, -0.25) is 10.1 Å². The molecule has 1 aromatic heterocycles. The number of aromatic nitrogens is 2. The lowest BCUT2D eigenvalue weighted by molar-refractivity contribution is 0.102. The van der Waals surface area contributed by atoms with E-state index in [-0.39, 0.29) is 20.7 Å². The van der Waals surface area contributed by atoms with Crippen molar-refractivity contribution in [1.29, 1.82) is 5.26 Å². The van der Waals surface area contributed by atoms with Gasteiger partial charge in [0, 0.05) is 5.75 Å². The number of thioether (sulfide) groups is 1. The van der Waals surface area contributed by atoms with Gasteiger partial charge in [-0.1, -0.05) is 58.4 Å². The van der Waals surface area contributed by atoms with Crippen LogP contribution in [0.5, 0.6) is 0 Å². The molecule has 10 heteroatoms. The molecule has 0 aliphatic rings. The number of nitrogens with one attached hydrogen (secondary N) is 1. The molecule has 1 N–H and O–H groups in total. The van der Waals surface area contributed by atoms with E-state index in [1.807, 2.05) is 12.1 Å². The normalized spacial score (nSPS) is 10.4. The summed E-state index contributed by atoms with van der Waals surface area (Å²) in [6.45, 7) is 0. The average Bonchev–Trinajstić information content (AvgIpc) is 3.10. The van der Waals surface area contributed by atoms with Gasteiger partial charge in [-0.05, 0) is 29.8 Å². The topological polar surface area (TPSA) is 78.7 Å². The van der Waals surface area contributed by atoms with Crippen LogP contribution in [0, 0.1) is 17.1 Å². The van der Waals surface area contributed by atoms with Crippen molar-refractivity contribution in [2.45, 2.75) is 10.1 Å². The van der Waals surface area contributed by atoms with Gasteiger partial charge in [-0.25, -0.2) is 4.39 Å². The zero-order valence-electron chi connectivity index (χ0n) is 13.4. The molecular weight excluding hydrogens is 430 g/mol. The third kappa shape index (κ3) is 4.96. The highest BCUT2D eigenvalue weighted by Crippen LogP contribution is 2.30. The molecule has 0 atom stereocenters. The number of carbonyl (C=O) groups excluding carboxylic acids is 1. The molecule has 3 aromatic rings. The third-order valence-corrected chi connectivity index (χ3v) is 5.97. The number of hydrogen-bond acceptors (Lipinski definition) is 6. The van der Waals surface area contributed by atoms with E-state index in [0.29, 0.717) is 15.7 Å². The van der Waals surface area contributed by atoms with Crippen molar-refractivity contribution in [3.05, 3.63) is 69.0 Å². The Morgan fingerprint density at radius 3 is 2.67 bits per heavy atom. The number of anilines is 1. The molecule has 0 aliphatic heterocycles. The van der Waals surface area contributed by atoms with E-state index < -0.39 is 11.7 Å². The monoisotopic (exact) mass is 438 g/mol. The van der Waals surface area contributed by atoms with Crippen LogP contribution in [0.3, 0.4) is 0 Å². The lowest BCUT2D eigenvalue weighted by atomic mass is 10.2. The Morgan fingerprint density at radius 2 is 1.96 bits per heavy atom. The zero-order chi connectivity index (χ0) is 19.4. The molecule has 1 heterocycles. The first-order valence-corrected chi connectivity index (χ1v) is 9.93. The Balaban J connectivity index is 1.63. The Kier molecular flexibility index (Phi) is 6.29. The number of benzene rings is 2. The third-order valence-electron chi connectivity index (χ3n) is 3.33. The fourth-order valence-corrected chi connectivity index (χ4v) is 4.17. The van der Waals surface area contributed by atoms with Crippen molar-refractivity contribution >= 4 is 57.3 Å². The second-order valence-electron chi connectivity index (χ2n) is 5.17. The van der Waals surface area contributed by atoms with Gasteiger partial charge in [-0.2, -0.15) is 5.26 Å². The van der Waals surface area contributed by atoms with Crippen LogP contribution in [0.25, 0.3) is 0 Å². The van der Waals surface area contributed by atoms with E-state index in [1.165, 1.54) is 29.2 Å². The van der Waals surface area contributed by atoms with Crippen molar-refractivity contribution in [2.24, 2.45) is 0 Å². The van der Waals surface area contributed by atoms with Gasteiger partial charge in [0.05, 0.1) is 27.2 Å². The highest BCUT2D eigenvalue weighted by Gasteiger charge is 2.16. The van der Waals surface area contributed by atoms with E-state index in [9.17, 15) is 9.18 Å². The summed E-state index contributed by atoms with van der Waals surface area (Å²) in [6.07, 6.45) is 0. The van der Waals surface area contributed by atoms with Crippen LogP contribution in [-0.2, 0) is 5.75 Å². The summed E-state index contributed by atoms with van der Waals surface area (Å²) in [5.41, 5.74) is 1.59. The fraction of sp³-hybridized carbons (Fsp3) is 0.0588. The second kappa shape index (κ2) is 8.67. The summed E-state index contributed by atoms with van der Waals surface area (Å²) in [4.78, 5) is 12.2. The molecule has 0 saturated heterocycles. The second-order valence-corrected chi connectivity index (χ2v) is 8.19. The van der Waals surface area contributed by atoms with E-state index in [1.54, 1.807) is 12.1 Å². The van der Waals surface area contributed by atoms with Crippen LogP contribution in [0.4, 0.5) is 9.52 Å². The molecule has 0 fully saturated rings. The van der Waals surface area contributed by atoms with Crippen molar-refractivity contribution in [3.63, 3.8) is 0 Å². The maximum Gasteiger partial charge on any atom is 0.259 e. The quantitative estimate of drug-likeness (QED) is 0.327. The van der Waals surface area contributed by atoms with Crippen molar-refractivity contribution in [2.75, 3.05) is 5.32 Å². The van der Waals surface area contributed by atoms with Crippen LogP contribution in [0.2, 0.25) is 10.0 Å². The van der Waals surface area contributed by atoms with Crippen molar-refractivity contribution < 1.29 is 9.18 Å². The lowest BCUT2D eigenvalue weighted by Crippen LogP contribution is -2.12. The van der Waals surface area contributed by atoms with Crippen LogP contribution in [0.15, 0.2) is 40.7 Å². The molecule has 0 radical (unpaired) electrons. The Hall–Kier alpha value is -2.18. The minimum atomic E-state index is -0.734. The number of halogens is 3. The first-order valence-electron chi connectivity index (χ1n) is 7.37. The van der Waals surface area contributed by atoms with Crippen molar-refractivity contribution in [3.8, 4) is 6.07 Å². The fourth-order valence-electron chi connectivity index (χ4n) is 2.00. The molecule has 0 spiro atoms. The number of hydrogen-bond donors (Lipinski definition) is 1. The van der Waals surface area contributed by atoms with E-state index in [4.69, 9.17) is 28.5 Å². The molecule has 3 rings (SSSR count). The van der Waals surface area contributed by atoms with Crippen LogP contribution >= 0.6 is 46.3 Å². The summed E-state index contributed by atoms with van der Waals surface area (Å²) in [7, 11) is 0. The summed E-state index contributed by atoms with van der Waals surface area (Å²) in [5, 5.41) is 19.4. The Labute approximate surface area is 172 Å². The van der Waals surface area contributed by atoms with Gasteiger partial charge in [0.25, 0.3) is 5.91 Å². The van der Waals surface area contributed by atoms with Gasteiger partial charge in [0.2, 0.25) is 5.13 Å². The Bertz CT molecular complexity index is 1030. The predicted octanol–water partition coefficient (Wildman–Crippen LogP) is 5.40. The first kappa shape index (κ1) is 19.6. The molecule has 5 nitrogen and oxygen atoms in total. The van der Waals surface area contributed by atoms with Crippen LogP contribution < -0.4 is 5.32 Å². The Morgan fingerprint density at radius 1 is 1.22 bits per heavy atom. The molecule has 136 valence electrons. The summed E-state index contributed by atoms with van der Waals surface area (Å²) < 4.78 is 14.2. The number of nitriles is 1. The SMILES string of the molecule is N#Cc1ccc(CSc2nnc(NC(=O)c3cc(F)c(Cl)cc3Cl)s2)cc1. The highest BCUT2D eigenvalue weighted by atomic mass is 35.5. The average molecular weight is 439 g/mol. The van der Waals surface area contributed by atoms with E-state index >= 15 is 0 Å². The predicted molar refractivity (Wildman–Crippen MR) is 105 cm³/mol. The molecule has 0 unspecified atom stereocenters. The van der Waals surface area contributed by atoms with Crippen LogP contribution in [0.1, 0.15) is 21.5 Å². The number of rotatable bonds is 5. The number of amides is 1. The minimum absolute atomic E-state index is 0.0406.